The van der Waals surface area contributed by atoms with Crippen LogP contribution in [0, 0.1) is 18.3 Å². The van der Waals surface area contributed by atoms with E-state index in [1.807, 2.05) is 0 Å². The van der Waals surface area contributed by atoms with Crippen LogP contribution in [0.2, 0.25) is 0 Å². The molecule has 70 valence electrons. The van der Waals surface area contributed by atoms with Crippen molar-refractivity contribution in [3.63, 3.8) is 0 Å². The Bertz CT molecular complexity index is 255. The van der Waals surface area contributed by atoms with Gasteiger partial charge < -0.3 is 0 Å². The van der Waals surface area contributed by atoms with Crippen molar-refractivity contribution >= 4 is 21.6 Å². The average Bonchev–Trinajstić information content (AvgIpc) is 2.00. The topological polar surface area (TPSA) is 46.2 Å². The van der Waals surface area contributed by atoms with Gasteiger partial charge in [-0.3, -0.25) is 0 Å². The fourth-order valence-electron chi connectivity index (χ4n) is 0.630. The second kappa shape index (κ2) is 5.41. The lowest BCUT2D eigenvalue weighted by Gasteiger charge is -2.07. The summed E-state index contributed by atoms with van der Waals surface area (Å²) in [6.45, 7) is 1.81. The molecule has 0 spiro atoms. The van der Waals surface area contributed by atoms with Gasteiger partial charge in [0.05, 0.1) is 12.3 Å². The largest absolute Gasteiger partial charge is 0.212 e. The first-order chi connectivity index (χ1) is 5.52. The van der Waals surface area contributed by atoms with E-state index in [4.69, 9.17) is 18.0 Å². The van der Waals surface area contributed by atoms with Crippen molar-refractivity contribution in [2.45, 2.75) is 6.92 Å². The van der Waals surface area contributed by atoms with Gasteiger partial charge in [-0.15, -0.1) is 18.0 Å². The summed E-state index contributed by atoms with van der Waals surface area (Å²) >= 11 is 5.46. The molecular formula is C7H12ClNO2S. The molecule has 0 heterocycles. The first-order valence-corrected chi connectivity index (χ1v) is 5.67. The monoisotopic (exact) mass is 209 g/mol. The molecule has 0 saturated carbocycles. The molecule has 0 rings (SSSR count). The van der Waals surface area contributed by atoms with Gasteiger partial charge in [0.1, 0.15) is 0 Å². The number of terminal acetylenes is 1. The van der Waals surface area contributed by atoms with Crippen LogP contribution >= 0.6 is 11.6 Å². The van der Waals surface area contributed by atoms with Gasteiger partial charge in [-0.2, -0.15) is 0 Å². The van der Waals surface area contributed by atoms with Crippen LogP contribution in [0.15, 0.2) is 0 Å². The normalized spacial score (nSPS) is 13.8. The summed E-state index contributed by atoms with van der Waals surface area (Å²) in [6.07, 6.45) is 4.90. The minimum atomic E-state index is -3.23. The van der Waals surface area contributed by atoms with Crippen LogP contribution in [0.5, 0.6) is 0 Å². The Morgan fingerprint density at radius 3 is 2.67 bits per heavy atom. The Labute approximate surface area is 78.5 Å². The highest BCUT2D eigenvalue weighted by Gasteiger charge is 2.13. The predicted molar refractivity (Wildman–Crippen MR) is 50.5 cm³/mol. The Balaban J connectivity index is 3.98. The molecule has 3 nitrogen and oxygen atoms in total. The Morgan fingerprint density at radius 1 is 1.67 bits per heavy atom. The molecule has 0 aliphatic carbocycles. The Kier molecular flexibility index (Phi) is 5.31. The first-order valence-electron chi connectivity index (χ1n) is 3.48. The van der Waals surface area contributed by atoms with Gasteiger partial charge in [0.25, 0.3) is 0 Å². The molecule has 0 amide bonds. The molecular weight excluding hydrogens is 198 g/mol. The molecule has 12 heavy (non-hydrogen) atoms. The van der Waals surface area contributed by atoms with Crippen molar-refractivity contribution in [1.82, 2.24) is 4.72 Å². The van der Waals surface area contributed by atoms with E-state index in [1.54, 1.807) is 6.92 Å². The van der Waals surface area contributed by atoms with E-state index < -0.39 is 10.0 Å². The lowest BCUT2D eigenvalue weighted by Crippen LogP contribution is -2.29. The van der Waals surface area contributed by atoms with E-state index in [0.717, 1.165) is 0 Å². The van der Waals surface area contributed by atoms with Gasteiger partial charge in [0.2, 0.25) is 10.0 Å². The average molecular weight is 210 g/mol. The van der Waals surface area contributed by atoms with Crippen molar-refractivity contribution < 1.29 is 8.42 Å². The highest BCUT2D eigenvalue weighted by Crippen LogP contribution is 2.01. The summed E-state index contributed by atoms with van der Waals surface area (Å²) < 4.78 is 24.4. The smallest absolute Gasteiger partial charge is 0.212 e. The maximum Gasteiger partial charge on any atom is 0.212 e. The van der Waals surface area contributed by atoms with Crippen LogP contribution in [0.25, 0.3) is 0 Å². The third-order valence-electron chi connectivity index (χ3n) is 1.16. The highest BCUT2D eigenvalue weighted by molar-refractivity contribution is 7.89. The standard InChI is InChI=1S/C7H12ClNO2S/c1-3-4-9-12(10,11)6-7(2)5-8/h1,7,9H,4-6H2,2H3. The number of hydrogen-bond acceptors (Lipinski definition) is 2. The first kappa shape index (κ1) is 11.8. The molecule has 0 fully saturated rings. The second-order valence-electron chi connectivity index (χ2n) is 2.57. The van der Waals surface area contributed by atoms with Gasteiger partial charge in [-0.05, 0) is 5.92 Å². The van der Waals surface area contributed by atoms with Crippen molar-refractivity contribution in [3.05, 3.63) is 0 Å². The molecule has 0 bridgehead atoms. The fourth-order valence-corrected chi connectivity index (χ4v) is 2.16. The van der Waals surface area contributed by atoms with Crippen LogP contribution < -0.4 is 4.72 Å². The number of hydrogen-bond donors (Lipinski definition) is 1. The van der Waals surface area contributed by atoms with Gasteiger partial charge >= 0.3 is 0 Å². The minimum Gasteiger partial charge on any atom is -0.212 e. The summed E-state index contributed by atoms with van der Waals surface area (Å²) in [4.78, 5) is 0. The van der Waals surface area contributed by atoms with Crippen LogP contribution in [0.1, 0.15) is 6.92 Å². The summed E-state index contributed by atoms with van der Waals surface area (Å²) in [7, 11) is -3.23. The van der Waals surface area contributed by atoms with Crippen molar-refractivity contribution in [2.24, 2.45) is 5.92 Å². The quantitative estimate of drug-likeness (QED) is 0.527. The summed E-state index contributed by atoms with van der Waals surface area (Å²) in [5.41, 5.74) is 0. The van der Waals surface area contributed by atoms with Crippen LogP contribution in [0.3, 0.4) is 0 Å². The predicted octanol–water partition coefficient (Wildman–Crippen LogP) is 0.414. The van der Waals surface area contributed by atoms with Crippen LogP contribution in [0.4, 0.5) is 0 Å². The molecule has 1 N–H and O–H groups in total. The van der Waals surface area contributed by atoms with E-state index >= 15 is 0 Å². The van der Waals surface area contributed by atoms with Gasteiger partial charge in [0, 0.05) is 5.88 Å². The van der Waals surface area contributed by atoms with Gasteiger partial charge in [-0.1, -0.05) is 12.8 Å². The SMILES string of the molecule is C#CCNS(=O)(=O)CC(C)CCl. The lowest BCUT2D eigenvalue weighted by molar-refractivity contribution is 0.573. The number of nitrogens with one attached hydrogen (secondary N) is 1. The van der Waals surface area contributed by atoms with Gasteiger partial charge in [-0.25, -0.2) is 13.1 Å². The highest BCUT2D eigenvalue weighted by atomic mass is 35.5. The van der Waals surface area contributed by atoms with E-state index in [1.165, 1.54) is 0 Å². The van der Waals surface area contributed by atoms with E-state index in [0.29, 0.717) is 5.88 Å². The van der Waals surface area contributed by atoms with Crippen LogP contribution in [-0.4, -0.2) is 26.6 Å². The molecule has 0 aliphatic rings. The molecule has 1 atom stereocenters. The number of rotatable bonds is 5. The zero-order valence-electron chi connectivity index (χ0n) is 6.88. The van der Waals surface area contributed by atoms with E-state index in [9.17, 15) is 8.42 Å². The number of sulfonamides is 1. The maximum absolute atomic E-state index is 11.1. The molecule has 0 aromatic rings. The number of halogens is 1. The minimum absolute atomic E-state index is 0.0260. The Hall–Kier alpha value is -0.240. The fraction of sp³-hybridized carbons (Fsp3) is 0.714. The lowest BCUT2D eigenvalue weighted by atomic mass is 10.3. The van der Waals surface area contributed by atoms with Crippen LogP contribution in [-0.2, 0) is 10.0 Å². The maximum atomic E-state index is 11.1. The summed E-state index contributed by atoms with van der Waals surface area (Å²) in [5.74, 6) is 2.49. The van der Waals surface area contributed by atoms with Gasteiger partial charge in [0.15, 0.2) is 0 Å². The summed E-state index contributed by atoms with van der Waals surface area (Å²) in [5, 5.41) is 0. The van der Waals surface area contributed by atoms with Crippen molar-refractivity contribution in [1.29, 1.82) is 0 Å². The zero-order chi connectivity index (χ0) is 9.61. The summed E-state index contributed by atoms with van der Waals surface area (Å²) in [6, 6.07) is 0. The number of alkyl halides is 1. The zero-order valence-corrected chi connectivity index (χ0v) is 8.45. The Morgan fingerprint density at radius 2 is 2.25 bits per heavy atom. The molecule has 0 aliphatic heterocycles. The van der Waals surface area contributed by atoms with E-state index in [-0.39, 0.29) is 18.2 Å². The molecule has 0 aromatic heterocycles. The van der Waals surface area contributed by atoms with E-state index in [2.05, 4.69) is 10.6 Å². The van der Waals surface area contributed by atoms with Crippen molar-refractivity contribution in [3.8, 4) is 12.3 Å². The molecule has 1 unspecified atom stereocenters. The third-order valence-corrected chi connectivity index (χ3v) is 3.28. The van der Waals surface area contributed by atoms with Crippen molar-refractivity contribution in [2.75, 3.05) is 18.2 Å². The molecule has 5 heteroatoms. The third kappa shape index (κ3) is 5.42. The second-order valence-corrected chi connectivity index (χ2v) is 4.73. The molecule has 0 radical (unpaired) electrons. The molecule has 0 saturated heterocycles. The molecule has 0 aromatic carbocycles.